The third-order valence-corrected chi connectivity index (χ3v) is 5.18. The summed E-state index contributed by atoms with van der Waals surface area (Å²) < 4.78 is 7.97. The number of thioether (sulfide) groups is 1. The van der Waals surface area contributed by atoms with E-state index in [1.54, 1.807) is 54.0 Å². The van der Waals surface area contributed by atoms with Gasteiger partial charge in [-0.2, -0.15) is 4.52 Å². The summed E-state index contributed by atoms with van der Waals surface area (Å²) in [6, 6.07) is 14.2. The summed E-state index contributed by atoms with van der Waals surface area (Å²) in [4.78, 5) is 29.3. The van der Waals surface area contributed by atoms with Crippen molar-refractivity contribution in [2.24, 2.45) is 0 Å². The molecule has 7 nitrogen and oxygen atoms in total. The lowest BCUT2D eigenvalue weighted by Gasteiger charge is -2.07. The number of ether oxygens (including phenoxy) is 1. The number of benzene rings is 2. The maximum Gasteiger partial charge on any atom is 0.316 e. The Morgan fingerprint density at radius 3 is 2.68 bits per heavy atom. The molecular formula is C19H15ClN4O3S. The van der Waals surface area contributed by atoms with E-state index in [0.717, 1.165) is 5.69 Å². The van der Waals surface area contributed by atoms with Gasteiger partial charge in [-0.3, -0.25) is 14.2 Å². The van der Waals surface area contributed by atoms with Crippen molar-refractivity contribution in [3.8, 4) is 5.69 Å². The van der Waals surface area contributed by atoms with Crippen molar-refractivity contribution in [2.75, 3.05) is 12.4 Å². The first-order chi connectivity index (χ1) is 13.6. The van der Waals surface area contributed by atoms with Crippen molar-refractivity contribution >= 4 is 46.0 Å². The number of hydrogen-bond acceptors (Lipinski definition) is 6. The SMILES string of the molecule is CCOC(=O)CSc1nn2c(=O)c3ccccc3nc2n1-c1ccc(Cl)cc1. The van der Waals surface area contributed by atoms with Crippen LogP contribution in [-0.4, -0.2) is 37.5 Å². The molecule has 0 fully saturated rings. The number of carbonyl (C=O) groups excluding carboxylic acids is 1. The molecule has 0 radical (unpaired) electrons. The molecule has 0 saturated heterocycles. The van der Waals surface area contributed by atoms with Crippen molar-refractivity contribution in [1.29, 1.82) is 0 Å². The molecule has 0 bridgehead atoms. The van der Waals surface area contributed by atoms with Gasteiger partial charge >= 0.3 is 5.97 Å². The molecule has 28 heavy (non-hydrogen) atoms. The lowest BCUT2D eigenvalue weighted by Crippen LogP contribution is -2.16. The molecule has 2 aromatic carbocycles. The number of halogens is 1. The number of carbonyl (C=O) groups is 1. The summed E-state index contributed by atoms with van der Waals surface area (Å²) in [5, 5.41) is 5.94. The molecule has 2 aromatic heterocycles. The predicted molar refractivity (Wildman–Crippen MR) is 108 cm³/mol. The molecule has 9 heteroatoms. The highest BCUT2D eigenvalue weighted by Gasteiger charge is 2.19. The second kappa shape index (κ2) is 7.65. The van der Waals surface area contributed by atoms with Gasteiger partial charge in [-0.25, -0.2) is 4.98 Å². The first-order valence-electron chi connectivity index (χ1n) is 8.53. The van der Waals surface area contributed by atoms with Crippen molar-refractivity contribution in [2.45, 2.75) is 12.1 Å². The number of esters is 1. The standard InChI is InChI=1S/C19H15ClN4O3S/c1-2-27-16(25)11-28-19-22-24-17(26)14-5-3-4-6-15(14)21-18(24)23(19)13-9-7-12(20)8-10-13/h3-10H,2,11H2,1H3. The van der Waals surface area contributed by atoms with Crippen molar-refractivity contribution in [3.05, 3.63) is 63.9 Å². The largest absolute Gasteiger partial charge is 0.465 e. The monoisotopic (exact) mass is 414 g/mol. The molecular weight excluding hydrogens is 400 g/mol. The lowest BCUT2D eigenvalue weighted by atomic mass is 10.2. The van der Waals surface area contributed by atoms with Crippen LogP contribution in [0.2, 0.25) is 5.02 Å². The molecule has 0 unspecified atom stereocenters. The minimum Gasteiger partial charge on any atom is -0.465 e. The molecule has 0 aliphatic carbocycles. The first kappa shape index (κ1) is 18.5. The van der Waals surface area contributed by atoms with Crippen LogP contribution in [-0.2, 0) is 9.53 Å². The van der Waals surface area contributed by atoms with E-state index in [2.05, 4.69) is 10.1 Å². The van der Waals surface area contributed by atoms with Crippen LogP contribution in [0, 0.1) is 0 Å². The molecule has 4 aromatic rings. The van der Waals surface area contributed by atoms with Gasteiger partial charge in [0.1, 0.15) is 0 Å². The van der Waals surface area contributed by atoms with Crippen LogP contribution >= 0.6 is 23.4 Å². The summed E-state index contributed by atoms with van der Waals surface area (Å²) >= 11 is 7.19. The Hall–Kier alpha value is -2.84. The Kier molecular flexibility index (Phi) is 5.06. The van der Waals surface area contributed by atoms with Gasteiger partial charge in [0, 0.05) is 5.02 Å². The second-order valence-corrected chi connectivity index (χ2v) is 7.21. The van der Waals surface area contributed by atoms with Gasteiger partial charge in [0.25, 0.3) is 5.56 Å². The molecule has 0 aliphatic rings. The van der Waals surface area contributed by atoms with E-state index in [-0.39, 0.29) is 17.3 Å². The summed E-state index contributed by atoms with van der Waals surface area (Å²) in [7, 11) is 0. The maximum absolute atomic E-state index is 12.9. The van der Waals surface area contributed by atoms with Crippen molar-refractivity contribution in [1.82, 2.24) is 19.2 Å². The number of fused-ring (bicyclic) bond motifs is 2. The van der Waals surface area contributed by atoms with Crippen LogP contribution in [0.3, 0.4) is 0 Å². The zero-order valence-corrected chi connectivity index (χ0v) is 16.4. The first-order valence-corrected chi connectivity index (χ1v) is 9.89. The van der Waals surface area contributed by atoms with E-state index in [9.17, 15) is 9.59 Å². The minimum absolute atomic E-state index is 0.0685. The van der Waals surface area contributed by atoms with Gasteiger partial charge < -0.3 is 4.74 Å². The minimum atomic E-state index is -0.354. The maximum atomic E-state index is 12.9. The molecule has 142 valence electrons. The summed E-state index contributed by atoms with van der Waals surface area (Å²) in [6.07, 6.45) is 0. The van der Waals surface area contributed by atoms with E-state index in [4.69, 9.17) is 16.3 Å². The van der Waals surface area contributed by atoms with Gasteiger partial charge in [-0.15, -0.1) is 5.10 Å². The summed E-state index contributed by atoms with van der Waals surface area (Å²) in [6.45, 7) is 2.06. The zero-order valence-electron chi connectivity index (χ0n) is 14.8. The molecule has 0 saturated carbocycles. The van der Waals surface area contributed by atoms with Gasteiger partial charge in [0.2, 0.25) is 5.78 Å². The summed E-state index contributed by atoms with van der Waals surface area (Å²) in [5.41, 5.74) is 1.03. The van der Waals surface area contributed by atoms with E-state index >= 15 is 0 Å². The Morgan fingerprint density at radius 1 is 1.18 bits per heavy atom. The van der Waals surface area contributed by atoms with Crippen molar-refractivity contribution in [3.63, 3.8) is 0 Å². The Bertz CT molecular complexity index is 1230. The third-order valence-electron chi connectivity index (χ3n) is 4.02. The fourth-order valence-electron chi connectivity index (χ4n) is 2.80. The normalized spacial score (nSPS) is 11.2. The van der Waals surface area contributed by atoms with E-state index in [0.29, 0.717) is 33.5 Å². The average Bonchev–Trinajstić information content (AvgIpc) is 3.06. The Balaban J connectivity index is 1.93. The Morgan fingerprint density at radius 2 is 1.93 bits per heavy atom. The number of aromatic nitrogens is 4. The molecule has 0 aliphatic heterocycles. The molecule has 0 spiro atoms. The number of para-hydroxylation sites is 1. The second-order valence-electron chi connectivity index (χ2n) is 5.83. The van der Waals surface area contributed by atoms with Crippen LogP contribution in [0.15, 0.2) is 58.5 Å². The highest BCUT2D eigenvalue weighted by Crippen LogP contribution is 2.25. The predicted octanol–water partition coefficient (Wildman–Crippen LogP) is 3.34. The summed E-state index contributed by atoms with van der Waals surface area (Å²) in [5.74, 6) is 0.0732. The van der Waals surface area contributed by atoms with E-state index in [1.165, 1.54) is 16.3 Å². The topological polar surface area (TPSA) is 78.5 Å². The molecule has 4 rings (SSSR count). The van der Waals surface area contributed by atoms with Crippen LogP contribution in [0.4, 0.5) is 0 Å². The van der Waals surface area contributed by atoms with Gasteiger partial charge in [-0.05, 0) is 43.3 Å². The Labute approximate surface area is 168 Å². The van der Waals surface area contributed by atoms with Crippen LogP contribution in [0.25, 0.3) is 22.4 Å². The van der Waals surface area contributed by atoms with Crippen LogP contribution < -0.4 is 5.56 Å². The number of hydrogen-bond donors (Lipinski definition) is 0. The van der Waals surface area contributed by atoms with Gasteiger partial charge in [-0.1, -0.05) is 35.5 Å². The third kappa shape index (κ3) is 3.36. The smallest absolute Gasteiger partial charge is 0.316 e. The molecule has 2 heterocycles. The van der Waals surface area contributed by atoms with Crippen molar-refractivity contribution < 1.29 is 9.53 Å². The average molecular weight is 415 g/mol. The molecule has 0 atom stereocenters. The fourth-order valence-corrected chi connectivity index (χ4v) is 3.71. The van der Waals surface area contributed by atoms with Gasteiger partial charge in [0.15, 0.2) is 5.16 Å². The lowest BCUT2D eigenvalue weighted by molar-refractivity contribution is -0.139. The molecule has 0 N–H and O–H groups in total. The van der Waals surface area contributed by atoms with Gasteiger partial charge in [0.05, 0.1) is 29.0 Å². The number of nitrogens with zero attached hydrogens (tertiary/aromatic N) is 4. The highest BCUT2D eigenvalue weighted by atomic mass is 35.5. The zero-order chi connectivity index (χ0) is 19.7. The van der Waals surface area contributed by atoms with Crippen LogP contribution in [0.1, 0.15) is 6.92 Å². The van der Waals surface area contributed by atoms with Crippen LogP contribution in [0.5, 0.6) is 0 Å². The molecule has 0 amide bonds. The van der Waals surface area contributed by atoms with E-state index < -0.39 is 0 Å². The van der Waals surface area contributed by atoms with E-state index in [1.807, 2.05) is 6.07 Å². The quantitative estimate of drug-likeness (QED) is 0.368. The highest BCUT2D eigenvalue weighted by molar-refractivity contribution is 7.99. The number of rotatable bonds is 5. The fraction of sp³-hybridized carbons (Fsp3) is 0.158.